The smallest absolute Gasteiger partial charge is 0.258 e. The molecule has 5 rings (SSSR count). The van der Waals surface area contributed by atoms with Crippen LogP contribution in [0.5, 0.6) is 5.75 Å². The molecule has 3 aromatic rings. The first-order chi connectivity index (χ1) is 15.8. The molecule has 0 unspecified atom stereocenters. The van der Waals surface area contributed by atoms with Crippen LogP contribution in [0, 0.1) is 19.7 Å². The Morgan fingerprint density at radius 2 is 2.00 bits per heavy atom. The van der Waals surface area contributed by atoms with Gasteiger partial charge in [0.2, 0.25) is 0 Å². The molecule has 2 aromatic heterocycles. The maximum atomic E-state index is 14.2. The Hall–Kier alpha value is -3.20. The summed E-state index contributed by atoms with van der Waals surface area (Å²) in [4.78, 5) is 22.1. The van der Waals surface area contributed by atoms with Gasteiger partial charge in [-0.2, -0.15) is 5.10 Å². The number of aromatic nitrogens is 3. The number of hydrogen-bond donors (Lipinski definition) is 2. The summed E-state index contributed by atoms with van der Waals surface area (Å²) in [6.07, 6.45) is 5.46. The molecule has 0 aliphatic carbocycles. The number of carbonyl (C=O) groups is 1. The molecule has 0 bridgehead atoms. The molecular formula is C24H29FN6O2. The Kier molecular flexibility index (Phi) is 5.44. The lowest BCUT2D eigenvalue weighted by Crippen LogP contribution is -2.38. The van der Waals surface area contributed by atoms with Gasteiger partial charge in [0.25, 0.3) is 5.91 Å². The standard InChI is InChI=1S/C24H29FN6O2/c1-14-6-7-17(22(32)21(14)25)24(33)30-9-4-3-5-19(30)18-11-20-27-23(15(2)12-31(20)28-18)29-10-8-16(26)13-29/h6-7,11-12,16,19,32H,3-5,8-10,13,26H2,1-2H3/t16-,19-/m0/s1. The van der Waals surface area contributed by atoms with Gasteiger partial charge in [-0.1, -0.05) is 6.07 Å². The Morgan fingerprint density at radius 3 is 2.76 bits per heavy atom. The summed E-state index contributed by atoms with van der Waals surface area (Å²) in [5.41, 5.74) is 8.84. The Balaban J connectivity index is 1.48. The molecular weight excluding hydrogens is 423 g/mol. The van der Waals surface area contributed by atoms with Gasteiger partial charge in [0.1, 0.15) is 5.82 Å². The van der Waals surface area contributed by atoms with Gasteiger partial charge >= 0.3 is 0 Å². The Bertz CT molecular complexity index is 1230. The van der Waals surface area contributed by atoms with Crippen LogP contribution in [0.2, 0.25) is 0 Å². The lowest BCUT2D eigenvalue weighted by molar-refractivity contribution is 0.0601. The van der Waals surface area contributed by atoms with E-state index in [1.807, 2.05) is 19.2 Å². The van der Waals surface area contributed by atoms with Gasteiger partial charge in [-0.25, -0.2) is 13.9 Å². The number of anilines is 1. The van der Waals surface area contributed by atoms with Crippen molar-refractivity contribution in [3.8, 4) is 5.75 Å². The molecule has 0 radical (unpaired) electrons. The summed E-state index contributed by atoms with van der Waals surface area (Å²) in [5, 5.41) is 15.0. The van der Waals surface area contributed by atoms with E-state index in [2.05, 4.69) is 4.90 Å². The molecule has 8 nitrogen and oxygen atoms in total. The highest BCUT2D eigenvalue weighted by atomic mass is 19.1. The fourth-order valence-corrected chi connectivity index (χ4v) is 4.96. The number of nitrogens with two attached hydrogens (primary N) is 1. The van der Waals surface area contributed by atoms with Crippen molar-refractivity contribution < 1.29 is 14.3 Å². The Morgan fingerprint density at radius 1 is 1.18 bits per heavy atom. The van der Waals surface area contributed by atoms with Gasteiger partial charge in [-0.15, -0.1) is 0 Å². The number of carbonyl (C=O) groups excluding carboxylic acids is 1. The fourth-order valence-electron chi connectivity index (χ4n) is 4.96. The minimum atomic E-state index is -0.754. The zero-order valence-electron chi connectivity index (χ0n) is 19.0. The number of rotatable bonds is 3. The van der Waals surface area contributed by atoms with Crippen LogP contribution >= 0.6 is 0 Å². The number of hydrogen-bond acceptors (Lipinski definition) is 6. The number of fused-ring (bicyclic) bond motifs is 1. The topological polar surface area (TPSA) is 100.0 Å². The highest BCUT2D eigenvalue weighted by Crippen LogP contribution is 2.35. The number of benzene rings is 1. The molecule has 9 heteroatoms. The number of likely N-dealkylation sites (tertiary alicyclic amines) is 1. The second-order valence-electron chi connectivity index (χ2n) is 9.22. The highest BCUT2D eigenvalue weighted by Gasteiger charge is 2.33. The molecule has 2 atom stereocenters. The van der Waals surface area contributed by atoms with Gasteiger partial charge < -0.3 is 20.6 Å². The van der Waals surface area contributed by atoms with E-state index in [1.165, 1.54) is 12.1 Å². The SMILES string of the molecule is Cc1cn2nc([C@@H]3CCCCN3C(=O)c3ccc(C)c(F)c3O)cc2nc1N1CC[C@H](N)C1. The lowest BCUT2D eigenvalue weighted by Gasteiger charge is -2.35. The molecule has 2 fully saturated rings. The molecule has 2 aliphatic heterocycles. The third-order valence-electron chi connectivity index (χ3n) is 6.79. The van der Waals surface area contributed by atoms with Crippen molar-refractivity contribution in [2.24, 2.45) is 5.73 Å². The van der Waals surface area contributed by atoms with Crippen LogP contribution in [0.25, 0.3) is 5.65 Å². The van der Waals surface area contributed by atoms with E-state index in [1.54, 1.807) is 16.3 Å². The first-order valence-corrected chi connectivity index (χ1v) is 11.5. The van der Waals surface area contributed by atoms with Crippen LogP contribution in [0.4, 0.5) is 10.2 Å². The zero-order valence-corrected chi connectivity index (χ0v) is 19.0. The molecule has 1 amide bonds. The fraction of sp³-hybridized carbons (Fsp3) is 0.458. The zero-order chi connectivity index (χ0) is 23.3. The predicted octanol–water partition coefficient (Wildman–Crippen LogP) is 3.10. The highest BCUT2D eigenvalue weighted by molar-refractivity contribution is 5.97. The van der Waals surface area contributed by atoms with Crippen LogP contribution in [0.3, 0.4) is 0 Å². The molecule has 2 saturated heterocycles. The maximum Gasteiger partial charge on any atom is 0.258 e. The molecule has 174 valence electrons. The van der Waals surface area contributed by atoms with Gasteiger partial charge in [0, 0.05) is 43.5 Å². The first kappa shape index (κ1) is 21.6. The number of phenols is 1. The van der Waals surface area contributed by atoms with Gasteiger partial charge in [0.15, 0.2) is 17.2 Å². The predicted molar refractivity (Wildman–Crippen MR) is 123 cm³/mol. The number of aryl methyl sites for hydroxylation is 2. The molecule has 4 heterocycles. The van der Waals surface area contributed by atoms with E-state index in [9.17, 15) is 14.3 Å². The van der Waals surface area contributed by atoms with Crippen LogP contribution in [-0.4, -0.2) is 56.2 Å². The van der Waals surface area contributed by atoms with E-state index in [4.69, 9.17) is 15.8 Å². The molecule has 33 heavy (non-hydrogen) atoms. The van der Waals surface area contributed by atoms with Crippen molar-refractivity contribution in [3.05, 3.63) is 52.6 Å². The molecule has 1 aromatic carbocycles. The number of halogens is 1. The van der Waals surface area contributed by atoms with Crippen LogP contribution in [0.1, 0.15) is 58.9 Å². The third kappa shape index (κ3) is 3.80. The van der Waals surface area contributed by atoms with Crippen molar-refractivity contribution in [1.82, 2.24) is 19.5 Å². The quantitative estimate of drug-likeness (QED) is 0.634. The normalized spacial score (nSPS) is 21.2. The van der Waals surface area contributed by atoms with Gasteiger partial charge in [0.05, 0.1) is 17.3 Å². The summed E-state index contributed by atoms with van der Waals surface area (Å²) < 4.78 is 16.0. The largest absolute Gasteiger partial charge is 0.504 e. The number of aromatic hydroxyl groups is 1. The Labute approximate surface area is 191 Å². The average Bonchev–Trinajstić information content (AvgIpc) is 3.42. The minimum Gasteiger partial charge on any atom is -0.504 e. The third-order valence-corrected chi connectivity index (χ3v) is 6.79. The minimum absolute atomic E-state index is 0.0182. The van der Waals surface area contributed by atoms with Crippen molar-refractivity contribution in [3.63, 3.8) is 0 Å². The van der Waals surface area contributed by atoms with E-state index in [0.29, 0.717) is 17.8 Å². The summed E-state index contributed by atoms with van der Waals surface area (Å²) in [5.74, 6) is -0.816. The molecule has 0 saturated carbocycles. The van der Waals surface area contributed by atoms with E-state index < -0.39 is 11.6 Å². The maximum absolute atomic E-state index is 14.2. The lowest BCUT2D eigenvalue weighted by atomic mass is 9.97. The number of phenolic OH excluding ortho intramolecular Hbond substituents is 1. The van der Waals surface area contributed by atoms with Gasteiger partial charge in [-0.05, 0) is 51.2 Å². The van der Waals surface area contributed by atoms with Crippen molar-refractivity contribution >= 4 is 17.4 Å². The van der Waals surface area contributed by atoms with Crippen molar-refractivity contribution in [1.29, 1.82) is 0 Å². The summed E-state index contributed by atoms with van der Waals surface area (Å²) in [7, 11) is 0. The van der Waals surface area contributed by atoms with Crippen molar-refractivity contribution in [2.75, 3.05) is 24.5 Å². The number of nitrogens with zero attached hydrogens (tertiary/aromatic N) is 5. The number of amides is 1. The van der Waals surface area contributed by atoms with E-state index >= 15 is 0 Å². The number of piperidine rings is 1. The van der Waals surface area contributed by atoms with Crippen molar-refractivity contribution in [2.45, 2.75) is 51.6 Å². The van der Waals surface area contributed by atoms with E-state index in [-0.39, 0.29) is 23.6 Å². The summed E-state index contributed by atoms with van der Waals surface area (Å²) in [6.45, 7) is 5.76. The molecule has 0 spiro atoms. The monoisotopic (exact) mass is 452 g/mol. The second-order valence-corrected chi connectivity index (χ2v) is 9.22. The average molecular weight is 453 g/mol. The molecule has 3 N–H and O–H groups in total. The summed E-state index contributed by atoms with van der Waals surface area (Å²) in [6, 6.07) is 4.83. The summed E-state index contributed by atoms with van der Waals surface area (Å²) >= 11 is 0. The van der Waals surface area contributed by atoms with Gasteiger partial charge in [-0.3, -0.25) is 4.79 Å². The molecule has 2 aliphatic rings. The van der Waals surface area contributed by atoms with E-state index in [0.717, 1.165) is 55.8 Å². The van der Waals surface area contributed by atoms with Crippen LogP contribution in [0.15, 0.2) is 24.4 Å². The van der Waals surface area contributed by atoms with Crippen LogP contribution in [-0.2, 0) is 0 Å². The first-order valence-electron chi connectivity index (χ1n) is 11.5. The second kappa shape index (κ2) is 8.30. The van der Waals surface area contributed by atoms with Crippen LogP contribution < -0.4 is 10.6 Å².